The molecule has 1 aliphatic carbocycles. The fraction of sp³-hybridized carbons (Fsp3) is 0.600. The van der Waals surface area contributed by atoms with E-state index in [0.717, 1.165) is 23.7 Å². The molecule has 0 N–H and O–H groups in total. The summed E-state index contributed by atoms with van der Waals surface area (Å²) in [5.74, 6) is 1.37. The number of hydrogen-bond acceptors (Lipinski definition) is 2. The number of aryl methyl sites for hydroxylation is 1. The van der Waals surface area contributed by atoms with E-state index in [4.69, 9.17) is 11.6 Å². The average molecular weight is 278 g/mol. The van der Waals surface area contributed by atoms with Gasteiger partial charge in [-0.2, -0.15) is 0 Å². The van der Waals surface area contributed by atoms with Gasteiger partial charge in [0.15, 0.2) is 0 Å². The molecule has 0 spiro atoms. The van der Waals surface area contributed by atoms with Gasteiger partial charge in [-0.15, -0.1) is 11.6 Å². The number of hydrogen-bond donors (Lipinski definition) is 0. The van der Waals surface area contributed by atoms with E-state index in [1.165, 1.54) is 44.0 Å². The third-order valence-corrected chi connectivity index (χ3v) is 4.48. The predicted octanol–water partition coefficient (Wildman–Crippen LogP) is 4.14. The molecule has 0 bridgehead atoms. The molecule has 3 rings (SSSR count). The Kier molecular flexibility index (Phi) is 4.02. The molecule has 0 aromatic carbocycles. The van der Waals surface area contributed by atoms with Crippen LogP contribution in [0.1, 0.15) is 44.2 Å². The number of pyridine rings is 1. The first kappa shape index (κ1) is 12.9. The van der Waals surface area contributed by atoms with Crippen molar-refractivity contribution in [1.82, 2.24) is 14.5 Å². The molecule has 0 unspecified atom stereocenters. The minimum Gasteiger partial charge on any atom is -0.330 e. The first-order chi connectivity index (χ1) is 9.36. The van der Waals surface area contributed by atoms with Crippen molar-refractivity contribution in [3.05, 3.63) is 24.3 Å². The molecule has 2 aromatic rings. The SMILES string of the molecule is ClCc1cc2c(cn1)ncn2CCC1CCCCC1. The van der Waals surface area contributed by atoms with Gasteiger partial charge in [-0.3, -0.25) is 4.98 Å². The van der Waals surface area contributed by atoms with Crippen LogP contribution in [0, 0.1) is 5.92 Å². The van der Waals surface area contributed by atoms with Gasteiger partial charge in [0.05, 0.1) is 29.6 Å². The van der Waals surface area contributed by atoms with E-state index < -0.39 is 0 Å². The Morgan fingerprint density at radius 1 is 1.21 bits per heavy atom. The first-order valence-electron chi connectivity index (χ1n) is 7.22. The van der Waals surface area contributed by atoms with E-state index in [0.29, 0.717) is 5.88 Å². The molecular formula is C15H20ClN3. The van der Waals surface area contributed by atoms with E-state index in [1.54, 1.807) is 0 Å². The van der Waals surface area contributed by atoms with Crippen molar-refractivity contribution in [3.63, 3.8) is 0 Å². The number of aromatic nitrogens is 3. The normalized spacial score (nSPS) is 17.1. The third-order valence-electron chi connectivity index (χ3n) is 4.20. The lowest BCUT2D eigenvalue weighted by Gasteiger charge is -2.21. The van der Waals surface area contributed by atoms with Crippen LogP contribution in [0.2, 0.25) is 0 Å². The van der Waals surface area contributed by atoms with Crippen LogP contribution < -0.4 is 0 Å². The Morgan fingerprint density at radius 3 is 2.84 bits per heavy atom. The highest BCUT2D eigenvalue weighted by Crippen LogP contribution is 2.27. The van der Waals surface area contributed by atoms with Crippen molar-refractivity contribution in [2.45, 2.75) is 50.9 Å². The maximum absolute atomic E-state index is 5.85. The maximum atomic E-state index is 5.85. The van der Waals surface area contributed by atoms with Crippen molar-refractivity contribution in [1.29, 1.82) is 0 Å². The van der Waals surface area contributed by atoms with Crippen LogP contribution in [0.4, 0.5) is 0 Å². The average Bonchev–Trinajstić information content (AvgIpc) is 2.88. The summed E-state index contributed by atoms with van der Waals surface area (Å²) in [6.07, 6.45) is 12.1. The molecule has 2 aromatic heterocycles. The standard InChI is InChI=1S/C15H20ClN3/c16-9-13-8-15-14(10-17-13)18-11-19(15)7-6-12-4-2-1-3-5-12/h8,10-12H,1-7,9H2. The summed E-state index contributed by atoms with van der Waals surface area (Å²) in [5, 5.41) is 0. The lowest BCUT2D eigenvalue weighted by molar-refractivity contribution is 0.325. The molecule has 0 radical (unpaired) electrons. The van der Waals surface area contributed by atoms with Gasteiger partial charge in [-0.25, -0.2) is 4.98 Å². The third kappa shape index (κ3) is 2.92. The summed E-state index contributed by atoms with van der Waals surface area (Å²) in [6.45, 7) is 1.06. The summed E-state index contributed by atoms with van der Waals surface area (Å²) in [5.41, 5.74) is 3.06. The molecule has 3 nitrogen and oxygen atoms in total. The van der Waals surface area contributed by atoms with Crippen LogP contribution in [-0.4, -0.2) is 14.5 Å². The number of halogens is 1. The van der Waals surface area contributed by atoms with Gasteiger partial charge in [-0.05, 0) is 18.4 Å². The number of imidazole rings is 1. The first-order valence-corrected chi connectivity index (χ1v) is 7.76. The van der Waals surface area contributed by atoms with E-state index in [2.05, 4.69) is 20.6 Å². The Hall–Kier alpha value is -1.09. The highest BCUT2D eigenvalue weighted by Gasteiger charge is 2.14. The van der Waals surface area contributed by atoms with Crippen LogP contribution in [0.3, 0.4) is 0 Å². The smallest absolute Gasteiger partial charge is 0.107 e. The zero-order valence-electron chi connectivity index (χ0n) is 11.2. The molecule has 1 fully saturated rings. The molecular weight excluding hydrogens is 258 g/mol. The van der Waals surface area contributed by atoms with Crippen LogP contribution in [0.25, 0.3) is 11.0 Å². The second-order valence-electron chi connectivity index (χ2n) is 5.53. The van der Waals surface area contributed by atoms with Crippen molar-refractivity contribution >= 4 is 22.6 Å². The van der Waals surface area contributed by atoms with Crippen LogP contribution in [0.5, 0.6) is 0 Å². The van der Waals surface area contributed by atoms with Crippen molar-refractivity contribution in [2.24, 2.45) is 5.92 Å². The fourth-order valence-electron chi connectivity index (χ4n) is 3.05. The summed E-state index contributed by atoms with van der Waals surface area (Å²) in [4.78, 5) is 8.70. The molecule has 4 heteroatoms. The second kappa shape index (κ2) is 5.91. The zero-order chi connectivity index (χ0) is 13.1. The quantitative estimate of drug-likeness (QED) is 0.787. The summed E-state index contributed by atoms with van der Waals surface area (Å²) in [7, 11) is 0. The molecule has 0 saturated heterocycles. The highest BCUT2D eigenvalue weighted by molar-refractivity contribution is 6.17. The Labute approximate surface area is 119 Å². The Bertz CT molecular complexity index is 543. The molecule has 0 amide bonds. The van der Waals surface area contributed by atoms with Gasteiger partial charge in [0.1, 0.15) is 5.52 Å². The number of alkyl halides is 1. The van der Waals surface area contributed by atoms with Crippen LogP contribution >= 0.6 is 11.6 Å². The summed E-state index contributed by atoms with van der Waals surface area (Å²) < 4.78 is 2.25. The van der Waals surface area contributed by atoms with Crippen molar-refractivity contribution in [2.75, 3.05) is 0 Å². The number of nitrogens with zero attached hydrogens (tertiary/aromatic N) is 3. The predicted molar refractivity (Wildman–Crippen MR) is 78.3 cm³/mol. The van der Waals surface area contributed by atoms with Crippen LogP contribution in [-0.2, 0) is 12.4 Å². The molecule has 1 saturated carbocycles. The largest absolute Gasteiger partial charge is 0.330 e. The van der Waals surface area contributed by atoms with E-state index >= 15 is 0 Å². The molecule has 102 valence electrons. The van der Waals surface area contributed by atoms with E-state index in [-0.39, 0.29) is 0 Å². The Balaban J connectivity index is 1.72. The molecule has 2 heterocycles. The maximum Gasteiger partial charge on any atom is 0.107 e. The van der Waals surface area contributed by atoms with Gasteiger partial charge < -0.3 is 4.57 Å². The van der Waals surface area contributed by atoms with E-state index in [1.807, 2.05) is 12.5 Å². The van der Waals surface area contributed by atoms with Gasteiger partial charge in [0.2, 0.25) is 0 Å². The van der Waals surface area contributed by atoms with Crippen molar-refractivity contribution < 1.29 is 0 Å². The zero-order valence-corrected chi connectivity index (χ0v) is 11.9. The monoisotopic (exact) mass is 277 g/mol. The van der Waals surface area contributed by atoms with Gasteiger partial charge in [0.25, 0.3) is 0 Å². The molecule has 19 heavy (non-hydrogen) atoms. The molecule has 1 aliphatic rings. The summed E-state index contributed by atoms with van der Waals surface area (Å²) >= 11 is 5.85. The fourth-order valence-corrected chi connectivity index (χ4v) is 3.20. The topological polar surface area (TPSA) is 30.7 Å². The minimum absolute atomic E-state index is 0.462. The Morgan fingerprint density at radius 2 is 2.05 bits per heavy atom. The van der Waals surface area contributed by atoms with E-state index in [9.17, 15) is 0 Å². The van der Waals surface area contributed by atoms with Crippen LogP contribution in [0.15, 0.2) is 18.6 Å². The summed E-state index contributed by atoms with van der Waals surface area (Å²) in [6, 6.07) is 2.07. The van der Waals surface area contributed by atoms with Gasteiger partial charge in [-0.1, -0.05) is 32.1 Å². The molecule has 0 atom stereocenters. The minimum atomic E-state index is 0.462. The lowest BCUT2D eigenvalue weighted by Crippen LogP contribution is -2.09. The second-order valence-corrected chi connectivity index (χ2v) is 5.80. The number of rotatable bonds is 4. The van der Waals surface area contributed by atoms with Crippen molar-refractivity contribution in [3.8, 4) is 0 Å². The highest BCUT2D eigenvalue weighted by atomic mass is 35.5. The molecule has 0 aliphatic heterocycles. The van der Waals surface area contributed by atoms with Gasteiger partial charge in [0, 0.05) is 6.54 Å². The van der Waals surface area contributed by atoms with Gasteiger partial charge >= 0.3 is 0 Å². The number of fused-ring (bicyclic) bond motifs is 1. The lowest BCUT2D eigenvalue weighted by atomic mass is 9.87.